The molecule has 4 N–H and O–H groups in total. The average molecular weight is 544 g/mol. The summed E-state index contributed by atoms with van der Waals surface area (Å²) in [6, 6.07) is 16.7. The number of amides is 1. The number of anilines is 1. The van der Waals surface area contributed by atoms with E-state index in [1.165, 1.54) is 5.69 Å². The van der Waals surface area contributed by atoms with Crippen LogP contribution in [0.3, 0.4) is 0 Å². The summed E-state index contributed by atoms with van der Waals surface area (Å²) in [4.78, 5) is 34.1. The number of H-pyrrole nitrogens is 2. The lowest BCUT2D eigenvalue weighted by atomic mass is 10.1. The highest BCUT2D eigenvalue weighted by atomic mass is 35.5. The second-order valence-electron chi connectivity index (χ2n) is 10.1. The van der Waals surface area contributed by atoms with Crippen molar-refractivity contribution in [2.45, 2.75) is 13.0 Å². The smallest absolute Gasteiger partial charge is 0.253 e. The lowest BCUT2D eigenvalue weighted by molar-refractivity contribution is 0.0918. The summed E-state index contributed by atoms with van der Waals surface area (Å²) in [5.41, 5.74) is 6.45. The monoisotopic (exact) mass is 543 g/mol. The number of aryl methyl sites for hydroxylation is 1. The number of halogens is 1. The van der Waals surface area contributed by atoms with E-state index in [1.54, 1.807) is 36.4 Å². The Labute approximate surface area is 230 Å². The molecule has 6 rings (SSSR count). The fourth-order valence-electron chi connectivity index (χ4n) is 5.07. The number of likely N-dealkylation sites (N-methyl/N-ethyl adjacent to an activating group) is 1. The third kappa shape index (κ3) is 5.08. The first-order valence-corrected chi connectivity index (χ1v) is 13.4. The van der Waals surface area contributed by atoms with Gasteiger partial charge in [-0.05, 0) is 61.5 Å². The number of hydrogen-bond acceptors (Lipinski definition) is 6. The van der Waals surface area contributed by atoms with E-state index < -0.39 is 6.10 Å². The number of aromatic amines is 2. The standard InChI is InChI=1S/C29H30ClN7O2/c1-17-13-20(37-11-9-36(2)10-12-37)15-23-25(17)34-28(33-23)27-32-22-8-4-7-21(26(22)35-27)29(39)31-16-24(38)18-5-3-6-19(30)14-18/h3-8,13-15,24,38H,9-12,16H2,1-2H3,(H,31,39)(H,32,35)(H,33,34)/t24-/m1/s1. The number of para-hydroxylation sites is 1. The maximum absolute atomic E-state index is 13.1. The number of imidazole rings is 2. The van der Waals surface area contributed by atoms with Crippen LogP contribution in [0.4, 0.5) is 5.69 Å². The van der Waals surface area contributed by atoms with Crippen LogP contribution in [0, 0.1) is 6.92 Å². The summed E-state index contributed by atoms with van der Waals surface area (Å²) in [7, 11) is 2.15. The number of benzene rings is 3. The summed E-state index contributed by atoms with van der Waals surface area (Å²) in [5, 5.41) is 13.8. The van der Waals surface area contributed by atoms with Crippen molar-refractivity contribution in [2.75, 3.05) is 44.7 Å². The van der Waals surface area contributed by atoms with Gasteiger partial charge in [-0.15, -0.1) is 0 Å². The Morgan fingerprint density at radius 3 is 2.49 bits per heavy atom. The zero-order valence-corrected chi connectivity index (χ0v) is 22.6. The third-order valence-electron chi connectivity index (χ3n) is 7.30. The van der Waals surface area contributed by atoms with Gasteiger partial charge in [-0.1, -0.05) is 29.8 Å². The molecule has 1 aliphatic heterocycles. The Morgan fingerprint density at radius 2 is 1.72 bits per heavy atom. The van der Waals surface area contributed by atoms with E-state index in [2.05, 4.69) is 51.2 Å². The van der Waals surface area contributed by atoms with Crippen molar-refractivity contribution in [3.05, 3.63) is 76.3 Å². The Morgan fingerprint density at radius 1 is 1.00 bits per heavy atom. The van der Waals surface area contributed by atoms with Gasteiger partial charge < -0.3 is 30.2 Å². The number of fused-ring (bicyclic) bond motifs is 2. The van der Waals surface area contributed by atoms with Crippen molar-refractivity contribution < 1.29 is 9.90 Å². The molecule has 1 amide bonds. The Balaban J connectivity index is 1.25. The number of carbonyl (C=O) groups excluding carboxylic acids is 1. The number of aliphatic hydroxyl groups excluding tert-OH is 1. The fraction of sp³-hybridized carbons (Fsp3) is 0.276. The summed E-state index contributed by atoms with van der Waals surface area (Å²) >= 11 is 6.03. The van der Waals surface area contributed by atoms with Crippen molar-refractivity contribution >= 4 is 45.3 Å². The zero-order valence-electron chi connectivity index (χ0n) is 21.8. The van der Waals surface area contributed by atoms with E-state index in [-0.39, 0.29) is 12.5 Å². The van der Waals surface area contributed by atoms with Crippen LogP contribution < -0.4 is 10.2 Å². The Bertz CT molecular complexity index is 1670. The minimum atomic E-state index is -0.879. The number of carbonyl (C=O) groups is 1. The Kier molecular flexibility index (Phi) is 6.72. The van der Waals surface area contributed by atoms with Crippen LogP contribution in [0.1, 0.15) is 27.6 Å². The lowest BCUT2D eigenvalue weighted by Gasteiger charge is -2.34. The molecule has 0 saturated carbocycles. The summed E-state index contributed by atoms with van der Waals surface area (Å²) in [6.45, 7) is 6.19. The molecule has 0 aliphatic carbocycles. The molecule has 0 spiro atoms. The molecule has 0 bridgehead atoms. The van der Waals surface area contributed by atoms with Gasteiger partial charge in [0.25, 0.3) is 5.91 Å². The minimum Gasteiger partial charge on any atom is -0.387 e. The molecule has 2 aromatic heterocycles. The van der Waals surface area contributed by atoms with Gasteiger partial charge in [0.1, 0.15) is 5.52 Å². The van der Waals surface area contributed by atoms with Crippen molar-refractivity contribution in [1.29, 1.82) is 0 Å². The first-order chi connectivity index (χ1) is 18.9. The molecule has 1 fully saturated rings. The van der Waals surface area contributed by atoms with Crippen LogP contribution in [-0.2, 0) is 0 Å². The van der Waals surface area contributed by atoms with Gasteiger partial charge in [-0.2, -0.15) is 0 Å². The molecule has 9 nitrogen and oxygen atoms in total. The lowest BCUT2D eigenvalue weighted by Crippen LogP contribution is -2.44. The van der Waals surface area contributed by atoms with Crippen LogP contribution >= 0.6 is 11.6 Å². The molecule has 3 aromatic carbocycles. The average Bonchev–Trinajstić information content (AvgIpc) is 3.56. The predicted octanol–water partition coefficient (Wildman–Crippen LogP) is 4.28. The van der Waals surface area contributed by atoms with Gasteiger partial charge in [0.05, 0.1) is 28.2 Å². The van der Waals surface area contributed by atoms with Crippen molar-refractivity contribution in [2.24, 2.45) is 0 Å². The summed E-state index contributed by atoms with van der Waals surface area (Å²) in [5.74, 6) is 0.848. The molecule has 5 aromatic rings. The zero-order chi connectivity index (χ0) is 27.1. The molecular formula is C29H30ClN7O2. The van der Waals surface area contributed by atoms with E-state index in [9.17, 15) is 9.90 Å². The second kappa shape index (κ2) is 10.3. The molecule has 10 heteroatoms. The number of nitrogens with one attached hydrogen (secondary N) is 3. The molecular weight excluding hydrogens is 514 g/mol. The first-order valence-electron chi connectivity index (χ1n) is 13.0. The quantitative estimate of drug-likeness (QED) is 0.254. The van der Waals surface area contributed by atoms with Crippen LogP contribution in [0.15, 0.2) is 54.6 Å². The molecule has 0 radical (unpaired) electrons. The minimum absolute atomic E-state index is 0.0470. The summed E-state index contributed by atoms with van der Waals surface area (Å²) in [6.07, 6.45) is -0.879. The number of nitrogens with zero attached hydrogens (tertiary/aromatic N) is 4. The Hall–Kier alpha value is -3.92. The highest BCUT2D eigenvalue weighted by Crippen LogP contribution is 2.29. The number of aliphatic hydroxyl groups is 1. The van der Waals surface area contributed by atoms with Gasteiger partial charge >= 0.3 is 0 Å². The van der Waals surface area contributed by atoms with Crippen LogP contribution in [0.2, 0.25) is 5.02 Å². The number of aromatic nitrogens is 4. The van der Waals surface area contributed by atoms with E-state index in [4.69, 9.17) is 21.6 Å². The summed E-state index contributed by atoms with van der Waals surface area (Å²) < 4.78 is 0. The highest BCUT2D eigenvalue weighted by Gasteiger charge is 2.20. The maximum Gasteiger partial charge on any atom is 0.253 e. The van der Waals surface area contributed by atoms with E-state index in [0.717, 1.165) is 48.3 Å². The molecule has 3 heterocycles. The third-order valence-corrected chi connectivity index (χ3v) is 7.54. The van der Waals surface area contributed by atoms with Crippen LogP contribution in [-0.4, -0.2) is 75.6 Å². The van der Waals surface area contributed by atoms with Gasteiger partial charge in [0.2, 0.25) is 0 Å². The molecule has 1 atom stereocenters. The van der Waals surface area contributed by atoms with Gasteiger partial charge in [-0.3, -0.25) is 4.79 Å². The molecule has 0 unspecified atom stereocenters. The SMILES string of the molecule is Cc1cc(N2CCN(C)CC2)cc2[nH]c(-c3nc4c(C(=O)NC[C@@H](O)c5cccc(Cl)c5)cccc4[nH]3)nc12. The van der Waals surface area contributed by atoms with E-state index >= 15 is 0 Å². The van der Waals surface area contributed by atoms with Crippen LogP contribution in [0.5, 0.6) is 0 Å². The van der Waals surface area contributed by atoms with Gasteiger partial charge in [-0.25, -0.2) is 9.97 Å². The van der Waals surface area contributed by atoms with E-state index in [1.807, 2.05) is 6.07 Å². The first kappa shape index (κ1) is 25.4. The van der Waals surface area contributed by atoms with Crippen molar-refractivity contribution in [1.82, 2.24) is 30.2 Å². The van der Waals surface area contributed by atoms with Gasteiger partial charge in [0.15, 0.2) is 11.6 Å². The maximum atomic E-state index is 13.1. The molecule has 39 heavy (non-hydrogen) atoms. The molecule has 200 valence electrons. The molecule has 1 aliphatic rings. The number of rotatable bonds is 6. The highest BCUT2D eigenvalue weighted by molar-refractivity contribution is 6.30. The van der Waals surface area contributed by atoms with E-state index in [0.29, 0.717) is 33.3 Å². The van der Waals surface area contributed by atoms with Crippen molar-refractivity contribution in [3.8, 4) is 11.6 Å². The molecule has 1 saturated heterocycles. The topological polar surface area (TPSA) is 113 Å². The predicted molar refractivity (Wildman–Crippen MR) is 154 cm³/mol. The number of hydrogen-bond donors (Lipinski definition) is 4. The largest absolute Gasteiger partial charge is 0.387 e. The van der Waals surface area contributed by atoms with Crippen LogP contribution in [0.25, 0.3) is 33.7 Å². The fourth-order valence-corrected chi connectivity index (χ4v) is 5.27. The normalized spacial score (nSPS) is 15.2. The number of piperazine rings is 1. The van der Waals surface area contributed by atoms with Gasteiger partial charge in [0, 0.05) is 43.4 Å². The second-order valence-corrected chi connectivity index (χ2v) is 10.5. The van der Waals surface area contributed by atoms with Crippen molar-refractivity contribution in [3.63, 3.8) is 0 Å².